The van der Waals surface area contributed by atoms with Crippen molar-refractivity contribution in [3.8, 4) is 10.8 Å². The molecule has 0 atom stereocenters. The monoisotopic (exact) mass is 370 g/mol. The number of amides is 1. The Morgan fingerprint density at radius 2 is 1.96 bits per heavy atom. The number of carbonyl (C=O) groups is 1. The minimum atomic E-state index is -4.53. The van der Waals surface area contributed by atoms with Crippen LogP contribution in [0.5, 0.6) is 0 Å². The second-order valence-corrected chi connectivity index (χ2v) is 6.46. The van der Waals surface area contributed by atoms with Gasteiger partial charge in [-0.1, -0.05) is 0 Å². The number of carbonyl (C=O) groups excluding carboxylic acids is 1. The lowest BCUT2D eigenvalue weighted by Crippen LogP contribution is -2.38. The van der Waals surface area contributed by atoms with Gasteiger partial charge in [0, 0.05) is 4.88 Å². The second-order valence-electron chi connectivity index (χ2n) is 5.26. The van der Waals surface area contributed by atoms with Crippen LogP contribution in [0.15, 0.2) is 45.6 Å². The van der Waals surface area contributed by atoms with Crippen LogP contribution in [0.1, 0.15) is 21.1 Å². The predicted molar refractivity (Wildman–Crippen MR) is 84.1 cm³/mol. The Balaban J connectivity index is 1.89. The van der Waals surface area contributed by atoms with Gasteiger partial charge in [-0.15, -0.1) is 11.3 Å². The standard InChI is InChI=1S/C16H13F3N2O3S/c1-10-13(20-14(25-10)12-5-3-7-24-12)15(22)21(9-16(17,18)19)8-11-4-2-6-23-11/h2-7H,8-9H2,1H3. The fraction of sp³-hybridized carbons (Fsp3) is 0.250. The number of furan rings is 2. The Bertz CT molecular complexity index is 839. The van der Waals surface area contributed by atoms with E-state index in [1.807, 2.05) is 0 Å². The number of thiazole rings is 1. The number of rotatable bonds is 5. The predicted octanol–water partition coefficient (Wildman–Crippen LogP) is 4.51. The summed E-state index contributed by atoms with van der Waals surface area (Å²) in [5, 5.41) is 0.441. The molecule has 0 fully saturated rings. The minimum absolute atomic E-state index is 0.0211. The molecule has 5 nitrogen and oxygen atoms in total. The smallest absolute Gasteiger partial charge is 0.406 e. The van der Waals surface area contributed by atoms with Crippen molar-refractivity contribution in [2.24, 2.45) is 0 Å². The maximum atomic E-state index is 12.9. The summed E-state index contributed by atoms with van der Waals surface area (Å²) in [4.78, 5) is 18.0. The van der Waals surface area contributed by atoms with E-state index in [0.29, 0.717) is 20.5 Å². The van der Waals surface area contributed by atoms with Crippen molar-refractivity contribution in [3.05, 3.63) is 53.1 Å². The van der Waals surface area contributed by atoms with E-state index >= 15 is 0 Å². The van der Waals surface area contributed by atoms with Gasteiger partial charge >= 0.3 is 6.18 Å². The number of halogens is 3. The fourth-order valence-electron chi connectivity index (χ4n) is 2.26. The van der Waals surface area contributed by atoms with E-state index in [2.05, 4.69) is 4.98 Å². The molecule has 0 bridgehead atoms. The molecule has 25 heavy (non-hydrogen) atoms. The molecular weight excluding hydrogens is 357 g/mol. The molecule has 3 aromatic heterocycles. The van der Waals surface area contributed by atoms with Crippen LogP contribution < -0.4 is 0 Å². The average molecular weight is 370 g/mol. The van der Waals surface area contributed by atoms with Crippen molar-refractivity contribution in [3.63, 3.8) is 0 Å². The first kappa shape index (κ1) is 17.3. The highest BCUT2D eigenvalue weighted by molar-refractivity contribution is 7.15. The summed E-state index contributed by atoms with van der Waals surface area (Å²) in [6.45, 7) is -0.0476. The third-order valence-corrected chi connectivity index (χ3v) is 4.30. The zero-order chi connectivity index (χ0) is 18.0. The fourth-order valence-corrected chi connectivity index (χ4v) is 3.13. The van der Waals surface area contributed by atoms with Gasteiger partial charge in [-0.2, -0.15) is 13.2 Å². The van der Waals surface area contributed by atoms with Crippen molar-refractivity contribution in [1.29, 1.82) is 0 Å². The van der Waals surface area contributed by atoms with E-state index in [9.17, 15) is 18.0 Å². The molecule has 0 saturated heterocycles. The van der Waals surface area contributed by atoms with Gasteiger partial charge in [0.15, 0.2) is 10.8 Å². The first-order chi connectivity index (χ1) is 11.8. The lowest BCUT2D eigenvalue weighted by Gasteiger charge is -2.22. The first-order valence-electron chi connectivity index (χ1n) is 7.23. The largest absolute Gasteiger partial charge is 0.467 e. The average Bonchev–Trinajstić information content (AvgIpc) is 3.25. The Morgan fingerprint density at radius 1 is 1.24 bits per heavy atom. The van der Waals surface area contributed by atoms with Gasteiger partial charge in [-0.25, -0.2) is 4.98 Å². The summed E-state index contributed by atoms with van der Waals surface area (Å²) in [5.74, 6) is -0.0856. The molecule has 1 amide bonds. The molecule has 0 saturated carbocycles. The molecule has 0 aliphatic rings. The number of hydrogen-bond donors (Lipinski definition) is 0. The van der Waals surface area contributed by atoms with Gasteiger partial charge in [0.2, 0.25) is 0 Å². The van der Waals surface area contributed by atoms with Crippen LogP contribution in [-0.2, 0) is 6.54 Å². The molecule has 3 heterocycles. The van der Waals surface area contributed by atoms with E-state index in [-0.39, 0.29) is 18.0 Å². The molecule has 0 N–H and O–H groups in total. The van der Waals surface area contributed by atoms with Crippen LogP contribution >= 0.6 is 11.3 Å². The SMILES string of the molecule is Cc1sc(-c2ccco2)nc1C(=O)N(Cc1ccco1)CC(F)(F)F. The van der Waals surface area contributed by atoms with Crippen LogP contribution in [0.4, 0.5) is 13.2 Å². The molecule has 0 radical (unpaired) electrons. The Kier molecular flexibility index (Phi) is 4.67. The maximum Gasteiger partial charge on any atom is 0.406 e. The Hall–Kier alpha value is -2.55. The van der Waals surface area contributed by atoms with Gasteiger partial charge in [-0.05, 0) is 31.2 Å². The molecule has 132 valence electrons. The number of alkyl halides is 3. The highest BCUT2D eigenvalue weighted by atomic mass is 32.1. The van der Waals surface area contributed by atoms with Crippen molar-refractivity contribution < 1.29 is 26.8 Å². The summed E-state index contributed by atoms with van der Waals surface area (Å²) < 4.78 is 48.9. The van der Waals surface area contributed by atoms with E-state index in [1.54, 1.807) is 25.1 Å². The van der Waals surface area contributed by atoms with Gasteiger partial charge in [0.1, 0.15) is 18.0 Å². The maximum absolute atomic E-state index is 12.9. The van der Waals surface area contributed by atoms with Crippen molar-refractivity contribution in [1.82, 2.24) is 9.88 Å². The van der Waals surface area contributed by atoms with E-state index in [4.69, 9.17) is 8.83 Å². The number of aryl methyl sites for hydroxylation is 1. The highest BCUT2D eigenvalue weighted by Gasteiger charge is 2.35. The molecule has 9 heteroatoms. The Labute approximate surface area is 144 Å². The topological polar surface area (TPSA) is 59.5 Å². The third kappa shape index (κ3) is 4.11. The van der Waals surface area contributed by atoms with Crippen LogP contribution in [0.25, 0.3) is 10.8 Å². The molecule has 3 rings (SSSR count). The molecule has 0 aromatic carbocycles. The van der Waals surface area contributed by atoms with Crippen molar-refractivity contribution in [2.45, 2.75) is 19.6 Å². The molecule has 0 aliphatic heterocycles. The van der Waals surface area contributed by atoms with Crippen molar-refractivity contribution in [2.75, 3.05) is 6.54 Å². The van der Waals surface area contributed by atoms with Gasteiger partial charge in [-0.3, -0.25) is 4.79 Å². The van der Waals surface area contributed by atoms with E-state index in [1.165, 1.54) is 29.9 Å². The van der Waals surface area contributed by atoms with E-state index < -0.39 is 18.6 Å². The second kappa shape index (κ2) is 6.75. The molecular formula is C16H13F3N2O3S. The molecule has 0 aliphatic carbocycles. The summed E-state index contributed by atoms with van der Waals surface area (Å²) >= 11 is 1.19. The van der Waals surface area contributed by atoms with Crippen LogP contribution in [0, 0.1) is 6.92 Å². The highest BCUT2D eigenvalue weighted by Crippen LogP contribution is 2.29. The minimum Gasteiger partial charge on any atom is -0.467 e. The number of hydrogen-bond acceptors (Lipinski definition) is 5. The van der Waals surface area contributed by atoms with Gasteiger partial charge in [0.25, 0.3) is 5.91 Å². The van der Waals surface area contributed by atoms with Crippen molar-refractivity contribution >= 4 is 17.2 Å². The summed E-state index contributed by atoms with van der Waals surface area (Å²) in [7, 11) is 0. The quantitative estimate of drug-likeness (QED) is 0.663. The van der Waals surface area contributed by atoms with Gasteiger partial charge < -0.3 is 13.7 Å². The first-order valence-corrected chi connectivity index (χ1v) is 8.05. The normalized spacial score (nSPS) is 11.7. The van der Waals surface area contributed by atoms with E-state index in [0.717, 1.165) is 0 Å². The zero-order valence-electron chi connectivity index (χ0n) is 13.0. The lowest BCUT2D eigenvalue weighted by atomic mass is 10.3. The number of aromatic nitrogens is 1. The Morgan fingerprint density at radius 3 is 2.56 bits per heavy atom. The molecule has 3 aromatic rings. The zero-order valence-corrected chi connectivity index (χ0v) is 13.9. The van der Waals surface area contributed by atoms with Crippen LogP contribution in [-0.4, -0.2) is 28.5 Å². The van der Waals surface area contributed by atoms with Crippen LogP contribution in [0.3, 0.4) is 0 Å². The molecule has 0 spiro atoms. The summed E-state index contributed by atoms with van der Waals surface area (Å²) in [6.07, 6.45) is -1.73. The number of nitrogens with zero attached hydrogens (tertiary/aromatic N) is 2. The van der Waals surface area contributed by atoms with Gasteiger partial charge in [0.05, 0.1) is 19.1 Å². The summed E-state index contributed by atoms with van der Waals surface area (Å²) in [5.41, 5.74) is -0.0211. The molecule has 0 unspecified atom stereocenters. The lowest BCUT2D eigenvalue weighted by molar-refractivity contribution is -0.142. The van der Waals surface area contributed by atoms with Crippen LogP contribution in [0.2, 0.25) is 0 Å². The third-order valence-electron chi connectivity index (χ3n) is 3.32. The summed E-state index contributed by atoms with van der Waals surface area (Å²) in [6, 6.07) is 6.40.